The lowest BCUT2D eigenvalue weighted by Gasteiger charge is -2.09. The first-order chi connectivity index (χ1) is 13.0. The molecule has 0 saturated carbocycles. The van der Waals surface area contributed by atoms with Crippen molar-refractivity contribution < 1.29 is 19.1 Å². The monoisotopic (exact) mass is 369 g/mol. The van der Waals surface area contributed by atoms with Crippen LogP contribution in [-0.4, -0.2) is 25.1 Å². The number of ether oxygens (including phenoxy) is 2. The maximum Gasteiger partial charge on any atom is 0.344 e. The zero-order valence-corrected chi connectivity index (χ0v) is 16.2. The van der Waals surface area contributed by atoms with Crippen LogP contribution in [0.2, 0.25) is 0 Å². The third-order valence-electron chi connectivity index (χ3n) is 4.26. The number of unbranched alkanes of at least 4 members (excludes halogenated alkanes) is 1. The van der Waals surface area contributed by atoms with E-state index in [0.29, 0.717) is 11.4 Å². The quantitative estimate of drug-likeness (QED) is 0.673. The standard InChI is InChI=1S/C22H27NO4/c1-4-5-6-18-8-10-19(11-9-18)23-21(24)14-27-22(25)15-26-20-12-7-16(2)17(3)13-20/h7-13H,4-6,14-15H2,1-3H3,(H,23,24). The minimum absolute atomic E-state index is 0.234. The van der Waals surface area contributed by atoms with Crippen LogP contribution in [0.15, 0.2) is 42.5 Å². The van der Waals surface area contributed by atoms with Crippen LogP contribution in [0, 0.1) is 13.8 Å². The largest absolute Gasteiger partial charge is 0.482 e. The number of benzene rings is 2. The molecule has 0 atom stereocenters. The van der Waals surface area contributed by atoms with Gasteiger partial charge in [-0.2, -0.15) is 0 Å². The normalized spacial score (nSPS) is 10.3. The lowest BCUT2D eigenvalue weighted by atomic mass is 10.1. The Morgan fingerprint density at radius 2 is 1.70 bits per heavy atom. The van der Waals surface area contributed by atoms with Gasteiger partial charge in [0.15, 0.2) is 13.2 Å². The van der Waals surface area contributed by atoms with E-state index in [0.717, 1.165) is 30.4 Å². The van der Waals surface area contributed by atoms with E-state index in [1.54, 1.807) is 6.07 Å². The predicted octanol–water partition coefficient (Wildman–Crippen LogP) is 4.21. The number of carbonyl (C=O) groups excluding carboxylic acids is 2. The lowest BCUT2D eigenvalue weighted by Crippen LogP contribution is -2.23. The molecule has 0 unspecified atom stereocenters. The van der Waals surface area contributed by atoms with Crippen molar-refractivity contribution in [2.45, 2.75) is 40.0 Å². The number of aryl methyl sites for hydroxylation is 3. The molecule has 2 aromatic rings. The molecule has 0 fully saturated rings. The summed E-state index contributed by atoms with van der Waals surface area (Å²) in [7, 11) is 0. The molecule has 144 valence electrons. The summed E-state index contributed by atoms with van der Waals surface area (Å²) in [4.78, 5) is 23.6. The van der Waals surface area contributed by atoms with Crippen molar-refractivity contribution in [1.82, 2.24) is 0 Å². The molecule has 5 nitrogen and oxygen atoms in total. The number of amides is 1. The van der Waals surface area contributed by atoms with Crippen molar-refractivity contribution in [1.29, 1.82) is 0 Å². The van der Waals surface area contributed by atoms with Gasteiger partial charge in [0, 0.05) is 5.69 Å². The summed E-state index contributed by atoms with van der Waals surface area (Å²) in [6.07, 6.45) is 3.33. The Morgan fingerprint density at radius 3 is 2.37 bits per heavy atom. The van der Waals surface area contributed by atoms with Crippen molar-refractivity contribution in [3.05, 3.63) is 59.2 Å². The second-order valence-corrected chi connectivity index (χ2v) is 6.54. The summed E-state index contributed by atoms with van der Waals surface area (Å²) in [6.45, 7) is 5.56. The summed E-state index contributed by atoms with van der Waals surface area (Å²) >= 11 is 0. The van der Waals surface area contributed by atoms with Crippen LogP contribution in [0.4, 0.5) is 5.69 Å². The highest BCUT2D eigenvalue weighted by Crippen LogP contribution is 2.16. The molecule has 5 heteroatoms. The van der Waals surface area contributed by atoms with E-state index >= 15 is 0 Å². The average molecular weight is 369 g/mol. The number of esters is 1. The van der Waals surface area contributed by atoms with Gasteiger partial charge < -0.3 is 14.8 Å². The highest BCUT2D eigenvalue weighted by Gasteiger charge is 2.09. The molecule has 27 heavy (non-hydrogen) atoms. The number of anilines is 1. The van der Waals surface area contributed by atoms with Crippen molar-refractivity contribution >= 4 is 17.6 Å². The van der Waals surface area contributed by atoms with E-state index in [4.69, 9.17) is 9.47 Å². The zero-order valence-electron chi connectivity index (χ0n) is 16.2. The number of nitrogens with one attached hydrogen (secondary N) is 1. The van der Waals surface area contributed by atoms with Crippen molar-refractivity contribution in [2.75, 3.05) is 18.5 Å². The Balaban J connectivity index is 1.71. The zero-order chi connectivity index (χ0) is 19.6. The maximum atomic E-state index is 11.9. The van der Waals surface area contributed by atoms with Gasteiger partial charge in [-0.05, 0) is 67.6 Å². The number of rotatable bonds is 9. The molecule has 2 aromatic carbocycles. The van der Waals surface area contributed by atoms with Crippen molar-refractivity contribution in [3.63, 3.8) is 0 Å². The van der Waals surface area contributed by atoms with Gasteiger partial charge in [0.2, 0.25) is 0 Å². The fraction of sp³-hybridized carbons (Fsp3) is 0.364. The van der Waals surface area contributed by atoms with Gasteiger partial charge in [0.05, 0.1) is 0 Å². The third kappa shape index (κ3) is 7.13. The maximum absolute atomic E-state index is 11.9. The highest BCUT2D eigenvalue weighted by atomic mass is 16.6. The molecular formula is C22H27NO4. The highest BCUT2D eigenvalue weighted by molar-refractivity contribution is 5.92. The summed E-state index contributed by atoms with van der Waals surface area (Å²) < 4.78 is 10.3. The molecule has 0 aromatic heterocycles. The Labute approximate surface area is 160 Å². The van der Waals surface area contributed by atoms with Crippen molar-refractivity contribution in [2.24, 2.45) is 0 Å². The molecule has 0 aliphatic carbocycles. The van der Waals surface area contributed by atoms with Gasteiger partial charge >= 0.3 is 5.97 Å². The fourth-order valence-corrected chi connectivity index (χ4v) is 2.47. The topological polar surface area (TPSA) is 64.6 Å². The van der Waals surface area contributed by atoms with E-state index in [1.807, 2.05) is 50.2 Å². The van der Waals surface area contributed by atoms with Gasteiger partial charge in [0.25, 0.3) is 5.91 Å². The van der Waals surface area contributed by atoms with Gasteiger partial charge in [0.1, 0.15) is 5.75 Å². The van der Waals surface area contributed by atoms with Gasteiger partial charge in [-0.1, -0.05) is 31.5 Å². The average Bonchev–Trinajstić information content (AvgIpc) is 2.66. The van der Waals surface area contributed by atoms with Crippen LogP contribution < -0.4 is 10.1 Å². The second kappa shape index (κ2) is 10.4. The predicted molar refractivity (Wildman–Crippen MR) is 106 cm³/mol. The minimum atomic E-state index is -0.585. The van der Waals surface area contributed by atoms with Crippen LogP contribution in [0.3, 0.4) is 0 Å². The SMILES string of the molecule is CCCCc1ccc(NC(=O)COC(=O)COc2ccc(C)c(C)c2)cc1. The van der Waals surface area contributed by atoms with Gasteiger partial charge in [-0.15, -0.1) is 0 Å². The number of hydrogen-bond acceptors (Lipinski definition) is 4. The number of carbonyl (C=O) groups is 2. The second-order valence-electron chi connectivity index (χ2n) is 6.54. The number of hydrogen-bond donors (Lipinski definition) is 1. The van der Waals surface area contributed by atoms with E-state index in [9.17, 15) is 9.59 Å². The van der Waals surface area contributed by atoms with Crippen LogP contribution in [0.25, 0.3) is 0 Å². The molecule has 0 heterocycles. The molecule has 2 rings (SSSR count). The van der Waals surface area contributed by atoms with E-state index in [2.05, 4.69) is 12.2 Å². The molecular weight excluding hydrogens is 342 g/mol. The van der Waals surface area contributed by atoms with E-state index in [1.165, 1.54) is 5.56 Å². The molecule has 0 radical (unpaired) electrons. The molecule has 0 bridgehead atoms. The van der Waals surface area contributed by atoms with Crippen LogP contribution in [0.5, 0.6) is 5.75 Å². The first-order valence-corrected chi connectivity index (χ1v) is 9.22. The van der Waals surface area contributed by atoms with Crippen LogP contribution in [-0.2, 0) is 20.7 Å². The molecule has 0 spiro atoms. The smallest absolute Gasteiger partial charge is 0.344 e. The first kappa shape index (κ1) is 20.5. The summed E-state index contributed by atoms with van der Waals surface area (Å²) in [5.74, 6) is -0.364. The van der Waals surface area contributed by atoms with Crippen molar-refractivity contribution in [3.8, 4) is 5.75 Å². The van der Waals surface area contributed by atoms with E-state index < -0.39 is 5.97 Å². The van der Waals surface area contributed by atoms with Gasteiger partial charge in [-0.3, -0.25) is 4.79 Å². The molecule has 0 aliphatic heterocycles. The third-order valence-corrected chi connectivity index (χ3v) is 4.26. The van der Waals surface area contributed by atoms with Crippen LogP contribution >= 0.6 is 0 Å². The Kier molecular flexibility index (Phi) is 7.86. The summed E-state index contributed by atoms with van der Waals surface area (Å²) in [5.41, 5.74) is 4.16. The van der Waals surface area contributed by atoms with Gasteiger partial charge in [-0.25, -0.2) is 4.79 Å². The lowest BCUT2D eigenvalue weighted by molar-refractivity contribution is -0.149. The summed E-state index contributed by atoms with van der Waals surface area (Å²) in [5, 5.41) is 2.71. The fourth-order valence-electron chi connectivity index (χ4n) is 2.47. The minimum Gasteiger partial charge on any atom is -0.482 e. The van der Waals surface area contributed by atoms with E-state index in [-0.39, 0.29) is 19.1 Å². The summed E-state index contributed by atoms with van der Waals surface area (Å²) in [6, 6.07) is 13.3. The Hall–Kier alpha value is -2.82. The Morgan fingerprint density at radius 1 is 0.963 bits per heavy atom. The molecule has 0 saturated heterocycles. The molecule has 1 N–H and O–H groups in total. The van der Waals surface area contributed by atoms with Crippen LogP contribution in [0.1, 0.15) is 36.5 Å². The molecule has 1 amide bonds. The first-order valence-electron chi connectivity index (χ1n) is 9.22. The molecule has 0 aliphatic rings. The Bertz CT molecular complexity index is 768.